The Morgan fingerprint density at radius 1 is 0.356 bits per heavy atom. The fraction of sp³-hybridized carbons (Fsp3) is 0.314. The summed E-state index contributed by atoms with van der Waals surface area (Å²) in [6, 6.07) is 24.1. The molecule has 4 rings (SSSR count). The maximum absolute atomic E-state index is 5.90. The summed E-state index contributed by atoms with van der Waals surface area (Å²) >= 11 is 0. The lowest BCUT2D eigenvalue weighted by Crippen LogP contribution is -2.21. The van der Waals surface area contributed by atoms with Gasteiger partial charge in [-0.25, -0.2) is 0 Å². The first-order valence-electron chi connectivity index (χ1n) is 14.4. The van der Waals surface area contributed by atoms with Crippen molar-refractivity contribution in [3.05, 3.63) is 72.8 Å². The second-order valence-corrected chi connectivity index (χ2v) is 14.3. The monoisotopic (exact) mass is 652 g/mol. The lowest BCUT2D eigenvalue weighted by atomic mass is 10.3. The molecule has 10 heteroatoms. The van der Waals surface area contributed by atoms with Gasteiger partial charge < -0.3 is 37.9 Å². The Balaban J connectivity index is 1.78. The van der Waals surface area contributed by atoms with Crippen molar-refractivity contribution in [2.45, 2.75) is 6.42 Å². The highest BCUT2D eigenvalue weighted by atomic mass is 31.1. The minimum Gasteiger partial charge on any atom is -0.497 e. The molecule has 0 aliphatic heterocycles. The van der Waals surface area contributed by atoms with Crippen LogP contribution in [0.25, 0.3) is 0 Å². The number of hydrogen-bond donors (Lipinski definition) is 0. The van der Waals surface area contributed by atoms with E-state index in [2.05, 4.69) is 24.3 Å². The van der Waals surface area contributed by atoms with E-state index in [0.717, 1.165) is 86.0 Å². The van der Waals surface area contributed by atoms with Crippen molar-refractivity contribution in [1.82, 2.24) is 0 Å². The summed E-state index contributed by atoms with van der Waals surface area (Å²) in [5.74, 6) is 6.12. The Morgan fingerprint density at radius 3 is 0.800 bits per heavy atom. The average molecular weight is 653 g/mol. The van der Waals surface area contributed by atoms with Crippen LogP contribution in [0.5, 0.6) is 46.0 Å². The molecule has 0 amide bonds. The van der Waals surface area contributed by atoms with Crippen molar-refractivity contribution >= 4 is 37.1 Å². The van der Waals surface area contributed by atoms with Gasteiger partial charge in [-0.2, -0.15) is 0 Å². The van der Waals surface area contributed by atoms with Crippen LogP contribution in [-0.4, -0.2) is 69.2 Å². The van der Waals surface area contributed by atoms with Crippen LogP contribution in [0.1, 0.15) is 6.42 Å². The Bertz CT molecular complexity index is 1340. The zero-order valence-electron chi connectivity index (χ0n) is 27.2. The molecule has 0 aliphatic rings. The summed E-state index contributed by atoms with van der Waals surface area (Å²) in [7, 11) is 11.6. The highest BCUT2D eigenvalue weighted by Crippen LogP contribution is 2.46. The summed E-state index contributed by atoms with van der Waals surface area (Å²) in [4.78, 5) is 0. The molecule has 8 nitrogen and oxygen atoms in total. The second-order valence-electron chi connectivity index (χ2n) is 9.81. The van der Waals surface area contributed by atoms with Gasteiger partial charge >= 0.3 is 0 Å². The van der Waals surface area contributed by atoms with E-state index in [1.807, 2.05) is 48.5 Å². The van der Waals surface area contributed by atoms with Crippen LogP contribution in [0.3, 0.4) is 0 Å². The summed E-state index contributed by atoms with van der Waals surface area (Å²) in [6.45, 7) is 0. The van der Waals surface area contributed by atoms with Crippen molar-refractivity contribution in [3.8, 4) is 46.0 Å². The van der Waals surface area contributed by atoms with Crippen LogP contribution in [0.4, 0.5) is 0 Å². The van der Waals surface area contributed by atoms with Crippen molar-refractivity contribution in [1.29, 1.82) is 0 Å². The van der Waals surface area contributed by atoms with Gasteiger partial charge in [-0.05, 0) is 83.1 Å². The first-order chi connectivity index (χ1) is 21.9. The molecule has 0 bridgehead atoms. The lowest BCUT2D eigenvalue weighted by Gasteiger charge is -2.26. The molecule has 0 aliphatic carbocycles. The van der Waals surface area contributed by atoms with Crippen molar-refractivity contribution in [3.63, 3.8) is 0 Å². The molecule has 4 aromatic carbocycles. The topological polar surface area (TPSA) is 73.8 Å². The molecule has 0 saturated heterocycles. The van der Waals surface area contributed by atoms with Gasteiger partial charge in [0.05, 0.1) is 56.9 Å². The summed E-state index contributed by atoms with van der Waals surface area (Å²) in [5.41, 5.74) is 0. The van der Waals surface area contributed by atoms with Crippen LogP contribution in [0.2, 0.25) is 0 Å². The Kier molecular flexibility index (Phi) is 12.4. The zero-order chi connectivity index (χ0) is 32.3. The highest BCUT2D eigenvalue weighted by Gasteiger charge is 2.26. The van der Waals surface area contributed by atoms with Gasteiger partial charge in [0, 0.05) is 45.5 Å². The fourth-order valence-electron chi connectivity index (χ4n) is 5.16. The molecule has 0 saturated carbocycles. The van der Waals surface area contributed by atoms with Crippen LogP contribution >= 0.6 is 15.8 Å². The molecule has 0 radical (unpaired) electrons. The minimum atomic E-state index is -0.899. The summed E-state index contributed by atoms with van der Waals surface area (Å²) in [6.07, 6.45) is 2.68. The molecular weight excluding hydrogens is 610 g/mol. The Labute approximate surface area is 269 Å². The smallest absolute Gasteiger partial charge is 0.130 e. The number of hydrogen-bond acceptors (Lipinski definition) is 8. The zero-order valence-corrected chi connectivity index (χ0v) is 29.0. The molecule has 0 spiro atoms. The Hall–Kier alpha value is -3.86. The van der Waals surface area contributed by atoms with E-state index in [1.165, 1.54) is 0 Å². The van der Waals surface area contributed by atoms with Crippen LogP contribution in [-0.2, 0) is 0 Å². The third-order valence-corrected chi connectivity index (χ3v) is 12.8. The van der Waals surface area contributed by atoms with Gasteiger partial charge in [0.15, 0.2) is 0 Å². The van der Waals surface area contributed by atoms with Crippen LogP contribution in [0, 0.1) is 0 Å². The number of rotatable bonds is 16. The molecule has 0 heterocycles. The highest BCUT2D eigenvalue weighted by molar-refractivity contribution is 7.74. The predicted molar refractivity (Wildman–Crippen MR) is 185 cm³/mol. The molecule has 0 atom stereocenters. The third kappa shape index (κ3) is 7.87. The van der Waals surface area contributed by atoms with Crippen molar-refractivity contribution in [2.75, 3.05) is 69.2 Å². The van der Waals surface area contributed by atoms with Crippen LogP contribution in [0.15, 0.2) is 72.8 Å². The van der Waals surface area contributed by atoms with Gasteiger partial charge in [0.1, 0.15) is 46.0 Å². The number of benzene rings is 4. The van der Waals surface area contributed by atoms with E-state index in [-0.39, 0.29) is 0 Å². The van der Waals surface area contributed by atoms with E-state index >= 15 is 0 Å². The minimum absolute atomic E-state index is 0.744. The van der Waals surface area contributed by atoms with E-state index in [9.17, 15) is 0 Å². The molecule has 45 heavy (non-hydrogen) atoms. The predicted octanol–water partition coefficient (Wildman–Crippen LogP) is 5.71. The molecule has 0 fully saturated rings. The maximum Gasteiger partial charge on any atom is 0.130 e. The van der Waals surface area contributed by atoms with Gasteiger partial charge in [-0.3, -0.25) is 0 Å². The average Bonchev–Trinajstić information content (AvgIpc) is 3.10. The van der Waals surface area contributed by atoms with Gasteiger partial charge in [-0.1, -0.05) is 0 Å². The number of ether oxygens (including phenoxy) is 8. The normalized spacial score (nSPS) is 10.9. The van der Waals surface area contributed by atoms with E-state index in [0.29, 0.717) is 0 Å². The molecule has 240 valence electrons. The molecule has 0 unspecified atom stereocenters. The van der Waals surface area contributed by atoms with Gasteiger partial charge in [-0.15, -0.1) is 0 Å². The SMILES string of the molecule is COc1ccc(P(CCCP(c2ccc(OC)cc2OC)c2ccc(OC)cc2OC)c2ccc(OC)cc2OC)c(OC)c1. The van der Waals surface area contributed by atoms with Crippen molar-refractivity contribution in [2.24, 2.45) is 0 Å². The second kappa shape index (κ2) is 16.5. The Morgan fingerprint density at radius 2 is 0.600 bits per heavy atom. The quantitative estimate of drug-likeness (QED) is 0.143. The first kappa shape index (κ1) is 34.0. The van der Waals surface area contributed by atoms with Crippen LogP contribution < -0.4 is 59.1 Å². The van der Waals surface area contributed by atoms with Gasteiger partial charge in [0.2, 0.25) is 0 Å². The third-order valence-electron chi connectivity index (χ3n) is 7.47. The fourth-order valence-corrected chi connectivity index (χ4v) is 10.5. The molecule has 4 aromatic rings. The van der Waals surface area contributed by atoms with E-state index in [1.54, 1.807) is 56.9 Å². The summed E-state index contributed by atoms with van der Waals surface area (Å²) < 4.78 is 45.6. The maximum atomic E-state index is 5.90. The van der Waals surface area contributed by atoms with E-state index < -0.39 is 15.8 Å². The largest absolute Gasteiger partial charge is 0.497 e. The van der Waals surface area contributed by atoms with E-state index in [4.69, 9.17) is 37.9 Å². The van der Waals surface area contributed by atoms with Crippen molar-refractivity contribution < 1.29 is 37.9 Å². The van der Waals surface area contributed by atoms with Gasteiger partial charge in [0.25, 0.3) is 0 Å². The molecule has 0 N–H and O–H groups in total. The first-order valence-corrected chi connectivity index (χ1v) is 17.4. The standard InChI is InChI=1S/C35H42O8P2/c1-36-24-10-14-32(28(20-24)40-5)44(33-15-11-25(37-2)21-29(33)41-6)18-9-19-45(34-16-12-26(38-3)22-30(34)42-7)35-17-13-27(39-4)23-31(35)43-8/h10-17,20-23H,9,18-19H2,1-8H3. The molecule has 0 aromatic heterocycles. The lowest BCUT2D eigenvalue weighted by molar-refractivity contribution is 0.396. The molecular formula is C35H42O8P2. The number of methoxy groups -OCH3 is 8. The summed E-state index contributed by atoms with van der Waals surface area (Å²) in [5, 5.41) is 4.46.